The maximum atomic E-state index is 11.0. The minimum Gasteiger partial charge on any atom is -0.371 e. The zero-order valence-corrected chi connectivity index (χ0v) is 7.46. The lowest BCUT2D eigenvalue weighted by molar-refractivity contribution is -0.126. The van der Waals surface area contributed by atoms with Gasteiger partial charge in [0.1, 0.15) is 6.61 Å². The summed E-state index contributed by atoms with van der Waals surface area (Å²) in [4.78, 5) is 11.0. The Labute approximate surface area is 67.9 Å². The highest BCUT2D eigenvalue weighted by atomic mass is 16.5. The van der Waals surface area contributed by atoms with E-state index in [2.05, 4.69) is 0 Å². The number of carbonyl (C=O) groups excluding carboxylic acids is 1. The van der Waals surface area contributed by atoms with Gasteiger partial charge in [-0.2, -0.15) is 0 Å². The summed E-state index contributed by atoms with van der Waals surface area (Å²) in [5.74, 6) is -0.0128. The van der Waals surface area contributed by atoms with Crippen LogP contribution in [0.1, 0.15) is 27.2 Å². The van der Waals surface area contributed by atoms with E-state index in [0.29, 0.717) is 6.42 Å². The summed E-state index contributed by atoms with van der Waals surface area (Å²) >= 11 is 0. The van der Waals surface area contributed by atoms with Gasteiger partial charge in [0.25, 0.3) is 0 Å². The minimum absolute atomic E-state index is 0.0128. The first-order valence-electron chi connectivity index (χ1n) is 3.97. The molecular formula is C8H17NO2. The quantitative estimate of drug-likeness (QED) is 0.643. The molecule has 0 rings (SSSR count). The van der Waals surface area contributed by atoms with Crippen molar-refractivity contribution >= 4 is 5.78 Å². The van der Waals surface area contributed by atoms with Crippen LogP contribution < -0.4 is 5.73 Å². The van der Waals surface area contributed by atoms with Crippen LogP contribution in [0.4, 0.5) is 0 Å². The molecule has 0 amide bonds. The molecule has 0 aromatic heterocycles. The third-order valence-corrected chi connectivity index (χ3v) is 1.41. The number of hydrogen-bond acceptors (Lipinski definition) is 3. The molecule has 11 heavy (non-hydrogen) atoms. The van der Waals surface area contributed by atoms with Crippen LogP contribution in [0.5, 0.6) is 0 Å². The van der Waals surface area contributed by atoms with Gasteiger partial charge in [-0.1, -0.05) is 6.92 Å². The van der Waals surface area contributed by atoms with Crippen LogP contribution in [-0.4, -0.2) is 24.5 Å². The third kappa shape index (κ3) is 4.93. The normalized spacial score (nSPS) is 13.5. The Kier molecular flexibility index (Phi) is 5.07. The Morgan fingerprint density at radius 3 is 2.45 bits per heavy atom. The van der Waals surface area contributed by atoms with Crippen LogP contribution in [-0.2, 0) is 9.53 Å². The molecule has 0 heterocycles. The van der Waals surface area contributed by atoms with E-state index in [-0.39, 0.29) is 24.5 Å². The molecule has 3 nitrogen and oxygen atoms in total. The van der Waals surface area contributed by atoms with Crippen molar-refractivity contribution in [2.24, 2.45) is 5.73 Å². The molecule has 0 aliphatic carbocycles. The second kappa shape index (κ2) is 5.27. The summed E-state index contributed by atoms with van der Waals surface area (Å²) < 4.78 is 5.10. The molecule has 0 bridgehead atoms. The molecule has 0 spiro atoms. The average molecular weight is 159 g/mol. The first-order valence-corrected chi connectivity index (χ1v) is 3.97. The summed E-state index contributed by atoms with van der Waals surface area (Å²) in [6, 6.07) is -0.353. The molecular weight excluding hydrogens is 142 g/mol. The monoisotopic (exact) mass is 159 g/mol. The van der Waals surface area contributed by atoms with Crippen molar-refractivity contribution in [3.05, 3.63) is 0 Å². The van der Waals surface area contributed by atoms with Gasteiger partial charge in [0, 0.05) is 0 Å². The van der Waals surface area contributed by atoms with Gasteiger partial charge in [-0.25, -0.2) is 0 Å². The van der Waals surface area contributed by atoms with E-state index < -0.39 is 0 Å². The van der Waals surface area contributed by atoms with Gasteiger partial charge < -0.3 is 10.5 Å². The Morgan fingerprint density at radius 1 is 1.55 bits per heavy atom. The highest BCUT2D eigenvalue weighted by molar-refractivity contribution is 5.84. The summed E-state index contributed by atoms with van der Waals surface area (Å²) in [7, 11) is 0. The van der Waals surface area contributed by atoms with Crippen molar-refractivity contribution in [2.45, 2.75) is 39.3 Å². The van der Waals surface area contributed by atoms with E-state index in [1.54, 1.807) is 0 Å². The fraction of sp³-hybridized carbons (Fsp3) is 0.875. The van der Waals surface area contributed by atoms with E-state index in [9.17, 15) is 4.79 Å². The highest BCUT2D eigenvalue weighted by Crippen LogP contribution is 1.92. The molecule has 0 aromatic rings. The van der Waals surface area contributed by atoms with Gasteiger partial charge in [-0.05, 0) is 20.3 Å². The van der Waals surface area contributed by atoms with E-state index >= 15 is 0 Å². The minimum atomic E-state index is -0.353. The molecule has 66 valence electrons. The molecule has 0 aliphatic rings. The zero-order valence-electron chi connectivity index (χ0n) is 7.46. The summed E-state index contributed by atoms with van der Waals surface area (Å²) in [6.07, 6.45) is 0.781. The number of ketones is 1. The average Bonchev–Trinajstić information content (AvgIpc) is 1.98. The summed E-state index contributed by atoms with van der Waals surface area (Å²) in [6.45, 7) is 5.82. The lowest BCUT2D eigenvalue weighted by Crippen LogP contribution is -2.33. The molecule has 0 saturated heterocycles. The number of nitrogens with two attached hydrogens (primary N) is 1. The lowest BCUT2D eigenvalue weighted by atomic mass is 10.1. The van der Waals surface area contributed by atoms with Gasteiger partial charge in [-0.3, -0.25) is 4.79 Å². The number of carbonyl (C=O) groups is 1. The predicted molar refractivity (Wildman–Crippen MR) is 44.4 cm³/mol. The first kappa shape index (κ1) is 10.6. The van der Waals surface area contributed by atoms with Crippen LogP contribution in [0.3, 0.4) is 0 Å². The van der Waals surface area contributed by atoms with Crippen molar-refractivity contribution < 1.29 is 9.53 Å². The first-order chi connectivity index (χ1) is 5.07. The largest absolute Gasteiger partial charge is 0.371 e. The molecule has 2 N–H and O–H groups in total. The van der Waals surface area contributed by atoms with Crippen LogP contribution in [0.2, 0.25) is 0 Å². The van der Waals surface area contributed by atoms with Gasteiger partial charge >= 0.3 is 0 Å². The smallest absolute Gasteiger partial charge is 0.175 e. The molecule has 0 radical (unpaired) electrons. The van der Waals surface area contributed by atoms with Crippen molar-refractivity contribution in [1.82, 2.24) is 0 Å². The summed E-state index contributed by atoms with van der Waals surface area (Å²) in [5.41, 5.74) is 5.47. The van der Waals surface area contributed by atoms with Gasteiger partial charge in [0.2, 0.25) is 0 Å². The molecule has 0 aromatic carbocycles. The molecule has 0 saturated carbocycles. The molecule has 3 heteroatoms. The maximum Gasteiger partial charge on any atom is 0.175 e. The lowest BCUT2D eigenvalue weighted by Gasteiger charge is -2.09. The highest BCUT2D eigenvalue weighted by Gasteiger charge is 2.10. The second-order valence-corrected chi connectivity index (χ2v) is 2.84. The van der Waals surface area contributed by atoms with E-state index in [0.717, 1.165) is 0 Å². The van der Waals surface area contributed by atoms with Crippen LogP contribution >= 0.6 is 0 Å². The van der Waals surface area contributed by atoms with Crippen LogP contribution in [0.15, 0.2) is 0 Å². The standard InChI is InChI=1S/C8H17NO2/c1-4-7(9)8(10)5-11-6(2)3/h6-7H,4-5,9H2,1-3H3. The maximum absolute atomic E-state index is 11.0. The fourth-order valence-corrected chi connectivity index (χ4v) is 0.584. The van der Waals surface area contributed by atoms with E-state index in [1.165, 1.54) is 0 Å². The van der Waals surface area contributed by atoms with Gasteiger partial charge in [0.15, 0.2) is 5.78 Å². The number of hydrogen-bond donors (Lipinski definition) is 1. The van der Waals surface area contributed by atoms with Crippen LogP contribution in [0.25, 0.3) is 0 Å². The topological polar surface area (TPSA) is 52.3 Å². The van der Waals surface area contributed by atoms with Crippen molar-refractivity contribution in [3.8, 4) is 0 Å². The Hall–Kier alpha value is -0.410. The SMILES string of the molecule is CCC(N)C(=O)COC(C)C. The zero-order chi connectivity index (χ0) is 8.85. The van der Waals surface area contributed by atoms with Crippen molar-refractivity contribution in [2.75, 3.05) is 6.61 Å². The predicted octanol–water partition coefficient (Wildman–Crippen LogP) is 0.718. The molecule has 1 atom stereocenters. The number of Topliss-reactive ketones (excluding diaryl/α,β-unsaturated/α-hetero) is 1. The van der Waals surface area contributed by atoms with E-state index in [4.69, 9.17) is 10.5 Å². The van der Waals surface area contributed by atoms with Gasteiger partial charge in [-0.15, -0.1) is 0 Å². The van der Waals surface area contributed by atoms with E-state index in [1.807, 2.05) is 20.8 Å². The van der Waals surface area contributed by atoms with Crippen molar-refractivity contribution in [3.63, 3.8) is 0 Å². The number of ether oxygens (including phenoxy) is 1. The van der Waals surface area contributed by atoms with Gasteiger partial charge in [0.05, 0.1) is 12.1 Å². The Morgan fingerprint density at radius 2 is 2.09 bits per heavy atom. The fourth-order valence-electron chi connectivity index (χ4n) is 0.584. The van der Waals surface area contributed by atoms with Crippen LogP contribution in [0, 0.1) is 0 Å². The third-order valence-electron chi connectivity index (χ3n) is 1.41. The van der Waals surface area contributed by atoms with Crippen molar-refractivity contribution in [1.29, 1.82) is 0 Å². The summed E-state index contributed by atoms with van der Waals surface area (Å²) in [5, 5.41) is 0. The number of rotatable bonds is 5. The molecule has 0 fully saturated rings. The second-order valence-electron chi connectivity index (χ2n) is 2.84. The Bertz CT molecular complexity index is 123. The molecule has 1 unspecified atom stereocenters. The molecule has 0 aliphatic heterocycles. The Balaban J connectivity index is 3.52.